The Kier molecular flexibility index (Phi) is 4.91. The molecule has 21 heavy (non-hydrogen) atoms. The maximum absolute atomic E-state index is 14.1. The van der Waals surface area contributed by atoms with Crippen molar-refractivity contribution >= 4 is 0 Å². The van der Waals surface area contributed by atoms with Gasteiger partial charge in [0, 0.05) is 6.54 Å². The molecule has 0 radical (unpaired) electrons. The van der Waals surface area contributed by atoms with Crippen molar-refractivity contribution in [1.29, 1.82) is 0 Å². The van der Waals surface area contributed by atoms with Gasteiger partial charge in [-0.15, -0.1) is 0 Å². The summed E-state index contributed by atoms with van der Waals surface area (Å²) in [5.41, 5.74) is 1.95. The van der Waals surface area contributed by atoms with Gasteiger partial charge < -0.3 is 10.2 Å². The zero-order valence-corrected chi connectivity index (χ0v) is 13.1. The molecule has 2 heterocycles. The lowest BCUT2D eigenvalue weighted by molar-refractivity contribution is 0.166. The summed E-state index contributed by atoms with van der Waals surface area (Å²) in [4.78, 5) is 2.60. The van der Waals surface area contributed by atoms with E-state index in [0.717, 1.165) is 43.0 Å². The zero-order chi connectivity index (χ0) is 14.7. The predicted molar refractivity (Wildman–Crippen MR) is 85.1 cm³/mol. The van der Waals surface area contributed by atoms with Gasteiger partial charge in [0.2, 0.25) is 0 Å². The molecule has 0 atom stereocenters. The van der Waals surface area contributed by atoms with E-state index in [2.05, 4.69) is 10.2 Å². The molecule has 2 saturated heterocycles. The molecule has 0 aliphatic carbocycles. The molecular weight excluding hydrogens is 263 g/mol. The molecule has 3 rings (SSSR count). The van der Waals surface area contributed by atoms with E-state index < -0.39 is 0 Å². The Hall–Kier alpha value is -0.930. The molecule has 116 valence electrons. The lowest BCUT2D eigenvalue weighted by Crippen LogP contribution is -2.40. The number of hydrogen-bond donors (Lipinski definition) is 1. The number of halogens is 1. The van der Waals surface area contributed by atoms with Crippen molar-refractivity contribution in [3.63, 3.8) is 0 Å². The van der Waals surface area contributed by atoms with E-state index in [1.54, 1.807) is 6.07 Å². The highest BCUT2D eigenvalue weighted by molar-refractivity contribution is 5.26. The van der Waals surface area contributed by atoms with Gasteiger partial charge in [0.15, 0.2) is 0 Å². The molecule has 2 aliphatic rings. The molecule has 0 saturated carbocycles. The van der Waals surface area contributed by atoms with Gasteiger partial charge in [0.05, 0.1) is 0 Å². The molecule has 1 N–H and O–H groups in total. The number of likely N-dealkylation sites (tertiary alicyclic amines) is 1. The standard InChI is InChI=1S/C18H27FN2/c1-14-2-3-17(18(19)12-14)16-6-10-21(11-7-16)13-15-4-8-20-9-5-15/h2-3,12,15-16,20H,4-11,13H2,1H3. The monoisotopic (exact) mass is 290 g/mol. The minimum atomic E-state index is -0.00759. The first-order valence-electron chi connectivity index (χ1n) is 8.41. The summed E-state index contributed by atoms with van der Waals surface area (Å²) >= 11 is 0. The maximum Gasteiger partial charge on any atom is 0.126 e. The Bertz CT molecular complexity index is 460. The second kappa shape index (κ2) is 6.89. The molecule has 1 aromatic carbocycles. The highest BCUT2D eigenvalue weighted by Gasteiger charge is 2.24. The minimum absolute atomic E-state index is 0.00759. The zero-order valence-electron chi connectivity index (χ0n) is 13.1. The third kappa shape index (κ3) is 3.83. The van der Waals surface area contributed by atoms with Gasteiger partial charge in [-0.25, -0.2) is 4.39 Å². The first-order chi connectivity index (χ1) is 10.2. The van der Waals surface area contributed by atoms with Crippen LogP contribution in [0.3, 0.4) is 0 Å². The summed E-state index contributed by atoms with van der Waals surface area (Å²) in [6.45, 7) is 7.80. The number of piperidine rings is 2. The van der Waals surface area contributed by atoms with Crippen LogP contribution in [0.25, 0.3) is 0 Å². The van der Waals surface area contributed by atoms with Crippen LogP contribution < -0.4 is 5.32 Å². The summed E-state index contributed by atoms with van der Waals surface area (Å²) in [5.74, 6) is 1.26. The summed E-state index contributed by atoms with van der Waals surface area (Å²) in [5, 5.41) is 3.43. The summed E-state index contributed by atoms with van der Waals surface area (Å²) in [6.07, 6.45) is 4.83. The lowest BCUT2D eigenvalue weighted by Gasteiger charge is -2.35. The van der Waals surface area contributed by atoms with Crippen LogP contribution in [0.2, 0.25) is 0 Å². The Morgan fingerprint density at radius 3 is 2.52 bits per heavy atom. The van der Waals surface area contributed by atoms with Crippen molar-refractivity contribution < 1.29 is 4.39 Å². The molecule has 1 aromatic rings. The van der Waals surface area contributed by atoms with Crippen LogP contribution >= 0.6 is 0 Å². The highest BCUT2D eigenvalue weighted by Crippen LogP contribution is 2.30. The smallest absolute Gasteiger partial charge is 0.126 e. The molecule has 3 heteroatoms. The Morgan fingerprint density at radius 1 is 1.14 bits per heavy atom. The average Bonchev–Trinajstić information content (AvgIpc) is 2.49. The molecular formula is C18H27FN2. The normalized spacial score (nSPS) is 22.6. The van der Waals surface area contributed by atoms with Gasteiger partial charge in [-0.2, -0.15) is 0 Å². The fraction of sp³-hybridized carbons (Fsp3) is 0.667. The molecule has 0 bridgehead atoms. The number of nitrogens with one attached hydrogen (secondary N) is 1. The van der Waals surface area contributed by atoms with Crippen molar-refractivity contribution in [2.45, 2.75) is 38.5 Å². The van der Waals surface area contributed by atoms with Crippen LogP contribution in [-0.4, -0.2) is 37.6 Å². The van der Waals surface area contributed by atoms with E-state index in [1.165, 1.54) is 32.5 Å². The number of rotatable bonds is 3. The molecule has 2 nitrogen and oxygen atoms in total. The van der Waals surface area contributed by atoms with Crippen LogP contribution in [-0.2, 0) is 0 Å². The SMILES string of the molecule is Cc1ccc(C2CCN(CC3CCNCC3)CC2)c(F)c1. The van der Waals surface area contributed by atoms with E-state index in [9.17, 15) is 4.39 Å². The number of hydrogen-bond acceptors (Lipinski definition) is 2. The van der Waals surface area contributed by atoms with Gasteiger partial charge in [-0.3, -0.25) is 0 Å². The molecule has 0 spiro atoms. The lowest BCUT2D eigenvalue weighted by atomic mass is 9.87. The maximum atomic E-state index is 14.1. The summed E-state index contributed by atoms with van der Waals surface area (Å²) in [6, 6.07) is 5.72. The molecule has 2 aliphatic heterocycles. The van der Waals surface area contributed by atoms with Crippen LogP contribution in [0.1, 0.15) is 42.7 Å². The molecule has 2 fully saturated rings. The van der Waals surface area contributed by atoms with Crippen LogP contribution in [0, 0.1) is 18.7 Å². The minimum Gasteiger partial charge on any atom is -0.317 e. The third-order valence-electron chi connectivity index (χ3n) is 5.16. The van der Waals surface area contributed by atoms with Crippen molar-refractivity contribution in [3.05, 3.63) is 35.1 Å². The topological polar surface area (TPSA) is 15.3 Å². The number of aryl methyl sites for hydroxylation is 1. The Balaban J connectivity index is 1.52. The van der Waals surface area contributed by atoms with Gasteiger partial charge in [0.25, 0.3) is 0 Å². The van der Waals surface area contributed by atoms with E-state index >= 15 is 0 Å². The predicted octanol–water partition coefficient (Wildman–Crippen LogP) is 3.31. The van der Waals surface area contributed by atoms with Gasteiger partial charge in [-0.1, -0.05) is 12.1 Å². The third-order valence-corrected chi connectivity index (χ3v) is 5.16. The van der Waals surface area contributed by atoms with Crippen LogP contribution in [0.4, 0.5) is 4.39 Å². The second-order valence-electron chi connectivity index (χ2n) is 6.79. The first-order valence-corrected chi connectivity index (χ1v) is 8.41. The van der Waals surface area contributed by atoms with Crippen molar-refractivity contribution in [1.82, 2.24) is 10.2 Å². The first kappa shape index (κ1) is 15.0. The van der Waals surface area contributed by atoms with Crippen LogP contribution in [0.5, 0.6) is 0 Å². The molecule has 0 amide bonds. The highest BCUT2D eigenvalue weighted by atomic mass is 19.1. The van der Waals surface area contributed by atoms with Crippen molar-refractivity contribution in [2.75, 3.05) is 32.7 Å². The Morgan fingerprint density at radius 2 is 1.86 bits per heavy atom. The van der Waals surface area contributed by atoms with E-state index in [0.29, 0.717) is 5.92 Å². The quantitative estimate of drug-likeness (QED) is 0.919. The second-order valence-corrected chi connectivity index (χ2v) is 6.79. The van der Waals surface area contributed by atoms with E-state index in [-0.39, 0.29) is 5.82 Å². The van der Waals surface area contributed by atoms with Gasteiger partial charge in [0.1, 0.15) is 5.82 Å². The fourth-order valence-electron chi connectivity index (χ4n) is 3.82. The summed E-state index contributed by atoms with van der Waals surface area (Å²) in [7, 11) is 0. The number of benzene rings is 1. The van der Waals surface area contributed by atoms with Crippen LogP contribution in [0.15, 0.2) is 18.2 Å². The molecule has 0 aromatic heterocycles. The van der Waals surface area contributed by atoms with Crippen molar-refractivity contribution in [2.24, 2.45) is 5.92 Å². The Labute approximate surface area is 127 Å². The van der Waals surface area contributed by atoms with Gasteiger partial charge in [-0.05, 0) is 87.8 Å². The van der Waals surface area contributed by atoms with Gasteiger partial charge >= 0.3 is 0 Å². The summed E-state index contributed by atoms with van der Waals surface area (Å²) < 4.78 is 14.1. The molecule has 0 unspecified atom stereocenters. The van der Waals surface area contributed by atoms with E-state index in [1.807, 2.05) is 19.1 Å². The largest absolute Gasteiger partial charge is 0.317 e. The number of nitrogens with zero attached hydrogens (tertiary/aromatic N) is 1. The van der Waals surface area contributed by atoms with E-state index in [4.69, 9.17) is 0 Å². The average molecular weight is 290 g/mol. The van der Waals surface area contributed by atoms with Crippen molar-refractivity contribution in [3.8, 4) is 0 Å². The fourth-order valence-corrected chi connectivity index (χ4v) is 3.82.